The molecule has 0 bridgehead atoms. The zero-order valence-corrected chi connectivity index (χ0v) is 18.8. The van der Waals surface area contributed by atoms with E-state index in [1.807, 2.05) is 37.3 Å². The van der Waals surface area contributed by atoms with Crippen LogP contribution in [-0.2, 0) is 13.9 Å². The van der Waals surface area contributed by atoms with Crippen molar-refractivity contribution < 1.29 is 18.7 Å². The molecule has 2 rings (SSSR count). The molecular weight excluding hydrogens is 364 g/mol. The van der Waals surface area contributed by atoms with Gasteiger partial charge in [0.2, 0.25) is 5.12 Å². The van der Waals surface area contributed by atoms with Gasteiger partial charge in [-0.15, -0.1) is 0 Å². The molecule has 0 spiro atoms. The Labute approximate surface area is 163 Å². The van der Waals surface area contributed by atoms with E-state index in [1.54, 1.807) is 7.11 Å². The van der Waals surface area contributed by atoms with Crippen LogP contribution in [0.25, 0.3) is 0 Å². The fraction of sp³-hybridized carbons (Fsp3) is 0.650. The molecule has 1 aromatic carbocycles. The van der Waals surface area contributed by atoms with E-state index >= 15 is 0 Å². The van der Waals surface area contributed by atoms with Crippen LogP contribution in [0.5, 0.6) is 0 Å². The maximum atomic E-state index is 12.7. The van der Waals surface area contributed by atoms with Crippen molar-refractivity contribution in [2.75, 3.05) is 7.11 Å². The zero-order chi connectivity index (χ0) is 19.5. The third-order valence-corrected chi connectivity index (χ3v) is 11.3. The number of thioether (sulfide) groups is 1. The van der Waals surface area contributed by atoms with Crippen molar-refractivity contribution in [2.24, 2.45) is 0 Å². The molecule has 146 valence electrons. The molecule has 4 nitrogen and oxygen atoms in total. The molecule has 0 unspecified atom stereocenters. The molecular formula is C20H32O4SSi. The molecule has 26 heavy (non-hydrogen) atoms. The summed E-state index contributed by atoms with van der Waals surface area (Å²) < 4.78 is 18.1. The Bertz CT molecular complexity index is 600. The molecule has 0 radical (unpaired) electrons. The van der Waals surface area contributed by atoms with Gasteiger partial charge < -0.3 is 13.9 Å². The molecule has 0 aromatic heterocycles. The lowest BCUT2D eigenvalue weighted by atomic mass is 10.1. The number of hydrogen-bond donors (Lipinski definition) is 0. The van der Waals surface area contributed by atoms with Gasteiger partial charge in [0.25, 0.3) is 0 Å². The van der Waals surface area contributed by atoms with Gasteiger partial charge in [-0.2, -0.15) is 0 Å². The lowest BCUT2D eigenvalue weighted by Gasteiger charge is -2.45. The SMILES string of the molecule is CO[C@@H]1C[C@@H](O[Si](C)(C)C(C)(C)C)[C@@H](SC(=O)c2ccccc2)[C@@H](C)O1. The predicted molar refractivity (Wildman–Crippen MR) is 110 cm³/mol. The standard InChI is InChI=1S/C20H32O4SSi/c1-14-18(25-19(21)15-11-9-8-10-12-15)16(13-17(22-5)23-14)24-26(6,7)20(2,3)4/h8-12,14,16-18H,13H2,1-7H3/t14-,16-,17+,18+/m1/s1. The first-order valence-corrected chi connectivity index (χ1v) is 13.0. The van der Waals surface area contributed by atoms with Crippen LogP contribution >= 0.6 is 11.8 Å². The molecule has 1 aromatic rings. The number of hydrogen-bond acceptors (Lipinski definition) is 5. The third-order valence-electron chi connectivity index (χ3n) is 5.39. The van der Waals surface area contributed by atoms with Crippen LogP contribution in [0.2, 0.25) is 18.1 Å². The van der Waals surface area contributed by atoms with Gasteiger partial charge >= 0.3 is 0 Å². The summed E-state index contributed by atoms with van der Waals surface area (Å²) in [6.07, 6.45) is 0.166. The minimum atomic E-state index is -1.97. The second kappa shape index (κ2) is 8.57. The quantitative estimate of drug-likeness (QED) is 0.648. The van der Waals surface area contributed by atoms with Gasteiger partial charge in [0, 0.05) is 19.1 Å². The van der Waals surface area contributed by atoms with E-state index in [1.165, 1.54) is 11.8 Å². The van der Waals surface area contributed by atoms with Gasteiger partial charge in [-0.3, -0.25) is 4.79 Å². The van der Waals surface area contributed by atoms with Gasteiger partial charge in [-0.05, 0) is 25.1 Å². The Morgan fingerprint density at radius 2 is 1.85 bits per heavy atom. The average molecular weight is 397 g/mol. The molecule has 1 heterocycles. The first-order valence-electron chi connectivity index (χ1n) is 9.17. The van der Waals surface area contributed by atoms with Crippen molar-refractivity contribution in [2.45, 2.75) is 76.0 Å². The van der Waals surface area contributed by atoms with E-state index in [0.717, 1.165) is 0 Å². The fourth-order valence-electron chi connectivity index (χ4n) is 2.76. The van der Waals surface area contributed by atoms with Crippen molar-refractivity contribution >= 4 is 25.2 Å². The Morgan fingerprint density at radius 3 is 2.38 bits per heavy atom. The summed E-state index contributed by atoms with van der Waals surface area (Å²) in [5.74, 6) is 0. The number of methoxy groups -OCH3 is 1. The summed E-state index contributed by atoms with van der Waals surface area (Å²) in [6.45, 7) is 13.2. The monoisotopic (exact) mass is 396 g/mol. The summed E-state index contributed by atoms with van der Waals surface area (Å²) in [5, 5.41) is 0.115. The van der Waals surface area contributed by atoms with Crippen LogP contribution in [0.1, 0.15) is 44.5 Å². The second-order valence-corrected chi connectivity index (χ2v) is 14.3. The van der Waals surface area contributed by atoms with E-state index < -0.39 is 8.32 Å². The first kappa shape index (κ1) is 21.6. The van der Waals surface area contributed by atoms with Crippen LogP contribution in [0.4, 0.5) is 0 Å². The Balaban J connectivity index is 2.20. The summed E-state index contributed by atoms with van der Waals surface area (Å²) in [7, 11) is -0.316. The maximum absolute atomic E-state index is 12.7. The number of carbonyl (C=O) groups is 1. The molecule has 6 heteroatoms. The Morgan fingerprint density at radius 1 is 1.23 bits per heavy atom. The van der Waals surface area contributed by atoms with Gasteiger partial charge in [0.05, 0.1) is 17.5 Å². The first-order chi connectivity index (χ1) is 12.0. The van der Waals surface area contributed by atoms with E-state index in [9.17, 15) is 4.79 Å². The van der Waals surface area contributed by atoms with E-state index in [4.69, 9.17) is 13.9 Å². The second-order valence-electron chi connectivity index (χ2n) is 8.39. The Kier molecular flexibility index (Phi) is 7.13. The lowest BCUT2D eigenvalue weighted by Crippen LogP contribution is -2.53. The van der Waals surface area contributed by atoms with Crippen LogP contribution in [0.15, 0.2) is 30.3 Å². The molecule has 4 atom stereocenters. The highest BCUT2D eigenvalue weighted by Crippen LogP contribution is 2.41. The maximum Gasteiger partial charge on any atom is 0.219 e. The minimum absolute atomic E-state index is 0.0526. The molecule has 0 saturated carbocycles. The number of benzene rings is 1. The van der Waals surface area contributed by atoms with Crippen molar-refractivity contribution in [1.29, 1.82) is 0 Å². The summed E-state index contributed by atoms with van der Waals surface area (Å²) in [4.78, 5) is 12.7. The number of ether oxygens (including phenoxy) is 2. The summed E-state index contributed by atoms with van der Waals surface area (Å²) >= 11 is 1.33. The highest BCUT2D eigenvalue weighted by atomic mass is 32.2. The molecule has 0 amide bonds. The lowest BCUT2D eigenvalue weighted by molar-refractivity contribution is -0.193. The van der Waals surface area contributed by atoms with E-state index in [-0.39, 0.29) is 33.9 Å². The number of rotatable bonds is 5. The van der Waals surface area contributed by atoms with E-state index in [0.29, 0.717) is 12.0 Å². The van der Waals surface area contributed by atoms with Gasteiger partial charge in [0.15, 0.2) is 14.6 Å². The smallest absolute Gasteiger partial charge is 0.219 e. The normalized spacial score (nSPS) is 27.3. The van der Waals surface area contributed by atoms with Crippen molar-refractivity contribution in [3.63, 3.8) is 0 Å². The molecule has 1 saturated heterocycles. The van der Waals surface area contributed by atoms with Gasteiger partial charge in [-0.25, -0.2) is 0 Å². The van der Waals surface area contributed by atoms with Crippen molar-refractivity contribution in [3.8, 4) is 0 Å². The highest BCUT2D eigenvalue weighted by molar-refractivity contribution is 8.14. The van der Waals surface area contributed by atoms with Crippen LogP contribution in [-0.4, -0.2) is 44.3 Å². The highest BCUT2D eigenvalue weighted by Gasteiger charge is 2.45. The van der Waals surface area contributed by atoms with Crippen molar-refractivity contribution in [1.82, 2.24) is 0 Å². The van der Waals surface area contributed by atoms with Gasteiger partial charge in [0.1, 0.15) is 0 Å². The molecule has 1 aliphatic rings. The average Bonchev–Trinajstić information content (AvgIpc) is 2.57. The topological polar surface area (TPSA) is 44.8 Å². The van der Waals surface area contributed by atoms with Crippen LogP contribution < -0.4 is 0 Å². The molecule has 1 aliphatic heterocycles. The molecule has 0 aliphatic carbocycles. The van der Waals surface area contributed by atoms with Crippen LogP contribution in [0, 0.1) is 0 Å². The predicted octanol–water partition coefficient (Wildman–Crippen LogP) is 5.10. The molecule has 1 fully saturated rings. The van der Waals surface area contributed by atoms with E-state index in [2.05, 4.69) is 33.9 Å². The third kappa shape index (κ3) is 5.20. The Hall–Kier alpha value is -0.663. The fourth-order valence-corrected chi connectivity index (χ4v) is 5.30. The summed E-state index contributed by atoms with van der Waals surface area (Å²) in [6, 6.07) is 9.40. The van der Waals surface area contributed by atoms with Gasteiger partial charge in [-0.1, -0.05) is 62.9 Å². The minimum Gasteiger partial charge on any atom is -0.412 e. The largest absolute Gasteiger partial charge is 0.412 e. The molecule has 0 N–H and O–H groups in total. The number of carbonyl (C=O) groups excluding carboxylic acids is 1. The van der Waals surface area contributed by atoms with Crippen molar-refractivity contribution in [3.05, 3.63) is 35.9 Å². The van der Waals surface area contributed by atoms with Crippen LogP contribution in [0.3, 0.4) is 0 Å². The zero-order valence-electron chi connectivity index (χ0n) is 16.9. The summed E-state index contributed by atoms with van der Waals surface area (Å²) in [5.41, 5.74) is 0.713.